The number of aromatic nitrogens is 5. The second-order valence-electron chi connectivity index (χ2n) is 11.8. The molecule has 10 rings (SSSR count). The largest absolute Gasteiger partial charge is 0.278 e. The van der Waals surface area contributed by atoms with Crippen LogP contribution in [0.25, 0.3) is 88.0 Å². The fraction of sp³-hybridized carbons (Fsp3) is 0. The lowest BCUT2D eigenvalue weighted by Gasteiger charge is -2.12. The lowest BCUT2D eigenvalue weighted by Crippen LogP contribution is -2.03. The highest BCUT2D eigenvalue weighted by Crippen LogP contribution is 2.40. The highest BCUT2D eigenvalue weighted by molar-refractivity contribution is 6.24. The maximum Gasteiger partial charge on any atom is 0.235 e. The van der Waals surface area contributed by atoms with E-state index in [1.54, 1.807) is 0 Å². The van der Waals surface area contributed by atoms with E-state index in [1.807, 2.05) is 41.2 Å². The molecular weight excluding hydrogens is 562 g/mol. The zero-order valence-corrected chi connectivity index (χ0v) is 24.7. The van der Waals surface area contributed by atoms with Crippen molar-refractivity contribution in [3.8, 4) is 22.9 Å². The second kappa shape index (κ2) is 9.58. The Morgan fingerprint density at radius 1 is 0.457 bits per heavy atom. The van der Waals surface area contributed by atoms with Gasteiger partial charge in [0.1, 0.15) is 0 Å². The molecule has 0 unspecified atom stereocenters. The predicted molar refractivity (Wildman–Crippen MR) is 189 cm³/mol. The van der Waals surface area contributed by atoms with Gasteiger partial charge in [-0.3, -0.25) is 4.57 Å². The van der Waals surface area contributed by atoms with Crippen LogP contribution in [0.5, 0.6) is 0 Å². The molecule has 0 aliphatic heterocycles. The molecule has 0 aliphatic rings. The first-order valence-electron chi connectivity index (χ1n) is 15.5. The summed E-state index contributed by atoms with van der Waals surface area (Å²) in [4.78, 5) is 10.5. The van der Waals surface area contributed by atoms with Crippen LogP contribution in [0.2, 0.25) is 0 Å². The monoisotopic (exact) mass is 587 g/mol. The van der Waals surface area contributed by atoms with E-state index in [1.165, 1.54) is 21.5 Å². The third-order valence-electron chi connectivity index (χ3n) is 9.18. The van der Waals surface area contributed by atoms with Crippen molar-refractivity contribution in [1.82, 2.24) is 24.3 Å². The van der Waals surface area contributed by atoms with E-state index in [-0.39, 0.29) is 0 Å². The van der Waals surface area contributed by atoms with Crippen molar-refractivity contribution < 1.29 is 0 Å². The molecule has 0 amide bonds. The lowest BCUT2D eigenvalue weighted by molar-refractivity contribution is 0.911. The molecule has 5 nitrogen and oxygen atoms in total. The van der Waals surface area contributed by atoms with Gasteiger partial charge in [-0.1, -0.05) is 103 Å². The summed E-state index contributed by atoms with van der Waals surface area (Å²) in [6.45, 7) is 0. The van der Waals surface area contributed by atoms with Gasteiger partial charge >= 0.3 is 0 Å². The highest BCUT2D eigenvalue weighted by Gasteiger charge is 2.21. The van der Waals surface area contributed by atoms with E-state index in [2.05, 4.69) is 120 Å². The summed E-state index contributed by atoms with van der Waals surface area (Å²) in [6.07, 6.45) is 2.00. The molecule has 7 aromatic carbocycles. The third-order valence-corrected chi connectivity index (χ3v) is 9.18. The molecule has 0 radical (unpaired) electrons. The maximum absolute atomic E-state index is 5.31. The van der Waals surface area contributed by atoms with Crippen LogP contribution in [0.1, 0.15) is 0 Å². The average Bonchev–Trinajstić information content (AvgIpc) is 3.70. The molecular formula is C41H25N5. The minimum absolute atomic E-state index is 0.646. The van der Waals surface area contributed by atoms with Crippen molar-refractivity contribution in [1.29, 1.82) is 0 Å². The SMILES string of the molecule is c1ccc(-c2nc(-n3c4cc5ccc6ccccc6c5cc4c4c5cnn(-c6ccccc6)c5ccc43)nc3ccccc23)cc1. The minimum atomic E-state index is 0.646. The first kappa shape index (κ1) is 25.0. The fourth-order valence-corrected chi connectivity index (χ4v) is 7.09. The van der Waals surface area contributed by atoms with Crippen molar-refractivity contribution in [2.45, 2.75) is 0 Å². The van der Waals surface area contributed by atoms with E-state index in [9.17, 15) is 0 Å². The summed E-state index contributed by atoms with van der Waals surface area (Å²) in [5.41, 5.74) is 7.08. The quantitative estimate of drug-likeness (QED) is 0.193. The Morgan fingerprint density at radius 3 is 2.04 bits per heavy atom. The van der Waals surface area contributed by atoms with E-state index < -0.39 is 0 Å². The summed E-state index contributed by atoms with van der Waals surface area (Å²) >= 11 is 0. The first-order valence-corrected chi connectivity index (χ1v) is 15.5. The first-order chi connectivity index (χ1) is 22.8. The topological polar surface area (TPSA) is 48.5 Å². The lowest BCUT2D eigenvalue weighted by atomic mass is 9.99. The van der Waals surface area contributed by atoms with Crippen LogP contribution < -0.4 is 0 Å². The second-order valence-corrected chi connectivity index (χ2v) is 11.8. The molecule has 3 aromatic heterocycles. The summed E-state index contributed by atoms with van der Waals surface area (Å²) in [7, 11) is 0. The van der Waals surface area contributed by atoms with Crippen molar-refractivity contribution in [2.24, 2.45) is 0 Å². The summed E-state index contributed by atoms with van der Waals surface area (Å²) in [5.74, 6) is 0.646. The highest BCUT2D eigenvalue weighted by atomic mass is 15.3. The van der Waals surface area contributed by atoms with E-state index in [4.69, 9.17) is 15.1 Å². The third kappa shape index (κ3) is 3.60. The number of fused-ring (bicyclic) bond motifs is 9. The predicted octanol–water partition coefficient (Wildman–Crippen LogP) is 10.0. The van der Waals surface area contributed by atoms with Gasteiger partial charge in [0.15, 0.2) is 0 Å². The molecule has 5 heteroatoms. The number of benzene rings is 7. The van der Waals surface area contributed by atoms with E-state index in [0.717, 1.165) is 60.6 Å². The van der Waals surface area contributed by atoms with Gasteiger partial charge in [-0.05, 0) is 64.0 Å². The van der Waals surface area contributed by atoms with Crippen molar-refractivity contribution in [2.75, 3.05) is 0 Å². The normalized spacial score (nSPS) is 11.9. The average molecular weight is 588 g/mol. The van der Waals surface area contributed by atoms with Crippen LogP contribution in [-0.4, -0.2) is 24.3 Å². The van der Waals surface area contributed by atoms with Crippen LogP contribution in [0.4, 0.5) is 0 Å². The number of para-hydroxylation sites is 2. The Morgan fingerprint density at radius 2 is 1.17 bits per heavy atom. The smallest absolute Gasteiger partial charge is 0.235 e. The molecule has 0 N–H and O–H groups in total. The van der Waals surface area contributed by atoms with Gasteiger partial charge < -0.3 is 0 Å². The Balaban J connectivity index is 1.37. The number of hydrogen-bond donors (Lipinski definition) is 0. The fourth-order valence-electron chi connectivity index (χ4n) is 7.09. The molecule has 0 aliphatic carbocycles. The standard InChI is InChI=1S/C41H25N5/c1-3-12-27(13-4-1)40-31-17-9-10-18-35(31)43-41(44-40)45-37-22-21-36-34(25-42-46(36)29-14-5-2-6-15-29)39(37)33-24-32-28(23-38(33)45)20-19-26-11-7-8-16-30(26)32/h1-25H. The molecule has 3 heterocycles. The van der Waals surface area contributed by atoms with Crippen LogP contribution in [0, 0.1) is 0 Å². The zero-order chi connectivity index (χ0) is 30.2. The molecule has 0 saturated carbocycles. The van der Waals surface area contributed by atoms with Crippen LogP contribution >= 0.6 is 0 Å². The molecule has 0 saturated heterocycles. The minimum Gasteiger partial charge on any atom is -0.278 e. The Kier molecular flexibility index (Phi) is 5.22. The van der Waals surface area contributed by atoms with Crippen molar-refractivity contribution in [3.05, 3.63) is 152 Å². The van der Waals surface area contributed by atoms with Gasteiger partial charge in [-0.2, -0.15) is 5.10 Å². The van der Waals surface area contributed by atoms with Gasteiger partial charge in [-0.25, -0.2) is 14.6 Å². The van der Waals surface area contributed by atoms with Gasteiger partial charge in [0.05, 0.1) is 39.6 Å². The van der Waals surface area contributed by atoms with Crippen molar-refractivity contribution in [3.63, 3.8) is 0 Å². The van der Waals surface area contributed by atoms with Gasteiger partial charge in [0.2, 0.25) is 5.95 Å². The summed E-state index contributed by atoms with van der Waals surface area (Å²) in [6, 6.07) is 51.0. The molecule has 0 spiro atoms. The van der Waals surface area contributed by atoms with Crippen LogP contribution in [0.15, 0.2) is 152 Å². The van der Waals surface area contributed by atoms with E-state index in [0.29, 0.717) is 5.95 Å². The summed E-state index contributed by atoms with van der Waals surface area (Å²) < 4.78 is 4.26. The van der Waals surface area contributed by atoms with Crippen molar-refractivity contribution >= 4 is 65.2 Å². The maximum atomic E-state index is 5.31. The number of nitrogens with zero attached hydrogens (tertiary/aromatic N) is 5. The van der Waals surface area contributed by atoms with Gasteiger partial charge in [0, 0.05) is 27.1 Å². The molecule has 0 bridgehead atoms. The van der Waals surface area contributed by atoms with Crippen LogP contribution in [0.3, 0.4) is 0 Å². The van der Waals surface area contributed by atoms with E-state index >= 15 is 0 Å². The van der Waals surface area contributed by atoms with Gasteiger partial charge in [0.25, 0.3) is 0 Å². The number of rotatable bonds is 3. The molecule has 46 heavy (non-hydrogen) atoms. The Bertz CT molecular complexity index is 2790. The molecule has 214 valence electrons. The molecule has 0 fully saturated rings. The Hall–Kier alpha value is -6.33. The Labute approximate surface area is 263 Å². The number of hydrogen-bond acceptors (Lipinski definition) is 3. The molecule has 10 aromatic rings. The summed E-state index contributed by atoms with van der Waals surface area (Å²) in [5, 5.41) is 14.2. The van der Waals surface area contributed by atoms with Crippen LogP contribution in [-0.2, 0) is 0 Å². The molecule has 0 atom stereocenters. The zero-order valence-electron chi connectivity index (χ0n) is 24.7. The van der Waals surface area contributed by atoms with Gasteiger partial charge in [-0.15, -0.1) is 0 Å².